The Hall–Kier alpha value is -2.38. The summed E-state index contributed by atoms with van der Waals surface area (Å²) in [4.78, 5) is 22.9. The largest absolute Gasteiger partial charge is 0.417 e. The Balaban J connectivity index is 1.72. The maximum Gasteiger partial charge on any atom is 0.417 e. The summed E-state index contributed by atoms with van der Waals surface area (Å²) in [5.74, 6) is -3.49. The molecular weight excluding hydrogens is 541 g/mol. The summed E-state index contributed by atoms with van der Waals surface area (Å²) >= 11 is 0.748. The van der Waals surface area contributed by atoms with Crippen LogP contribution in [0.2, 0.25) is 0 Å². The Morgan fingerprint density at radius 1 is 1.23 bits per heavy atom. The minimum absolute atomic E-state index is 0.0431. The van der Waals surface area contributed by atoms with E-state index in [1.165, 1.54) is 18.7 Å². The first-order valence-electron chi connectivity index (χ1n) is 13.1. The molecule has 0 bridgehead atoms. The molecule has 1 atom stereocenters. The van der Waals surface area contributed by atoms with Gasteiger partial charge in [-0.1, -0.05) is 19.3 Å². The normalized spacial score (nSPS) is 20.8. The highest BCUT2D eigenvalue weighted by molar-refractivity contribution is 7.17. The van der Waals surface area contributed by atoms with Gasteiger partial charge in [0.1, 0.15) is 5.82 Å². The lowest BCUT2D eigenvalue weighted by molar-refractivity contribution is -0.137. The topological polar surface area (TPSA) is 90.4 Å². The summed E-state index contributed by atoms with van der Waals surface area (Å²) in [6.07, 6.45) is 0.807. The molecule has 0 unspecified atom stereocenters. The number of nitrogens with one attached hydrogen (secondary N) is 2. The van der Waals surface area contributed by atoms with Crippen LogP contribution in [0.5, 0.6) is 0 Å². The number of aromatic nitrogens is 2. The number of aliphatic hydroxyl groups is 1. The number of nitrogens with zero attached hydrogens (tertiary/aromatic N) is 3. The highest BCUT2D eigenvalue weighted by Crippen LogP contribution is 2.43. The van der Waals surface area contributed by atoms with Gasteiger partial charge in [-0.3, -0.25) is 9.69 Å². The molecule has 0 spiro atoms. The van der Waals surface area contributed by atoms with Crippen molar-refractivity contribution in [2.45, 2.75) is 95.6 Å². The summed E-state index contributed by atoms with van der Waals surface area (Å²) < 4.78 is 71.1. The van der Waals surface area contributed by atoms with Crippen molar-refractivity contribution in [1.29, 1.82) is 0 Å². The number of halogens is 5. The van der Waals surface area contributed by atoms with Gasteiger partial charge in [-0.25, -0.2) is 18.7 Å². The molecule has 0 radical (unpaired) electrons. The highest BCUT2D eigenvalue weighted by atomic mass is 32.1. The lowest BCUT2D eigenvalue weighted by Crippen LogP contribution is -2.38. The molecule has 2 aliphatic rings. The van der Waals surface area contributed by atoms with Crippen molar-refractivity contribution >= 4 is 23.1 Å². The number of pyridine rings is 1. The number of thiazole rings is 1. The summed E-state index contributed by atoms with van der Waals surface area (Å²) in [5.41, 5.74) is -2.32. The van der Waals surface area contributed by atoms with E-state index in [1.54, 1.807) is 6.92 Å². The van der Waals surface area contributed by atoms with Gasteiger partial charge in [0.05, 0.1) is 28.3 Å². The van der Waals surface area contributed by atoms with E-state index < -0.39 is 41.8 Å². The minimum atomic E-state index is -4.74. The van der Waals surface area contributed by atoms with E-state index in [0.717, 1.165) is 55.7 Å². The predicted molar refractivity (Wildman–Crippen MR) is 139 cm³/mol. The molecular formula is C26H34F5N5O2S. The molecule has 216 valence electrons. The predicted octanol–water partition coefficient (Wildman–Crippen LogP) is 5.70. The van der Waals surface area contributed by atoms with Gasteiger partial charge in [0.15, 0.2) is 5.01 Å². The second kappa shape index (κ2) is 11.2. The number of hydrogen-bond donors (Lipinski definition) is 3. The quantitative estimate of drug-likeness (QED) is 0.350. The van der Waals surface area contributed by atoms with E-state index in [1.807, 2.05) is 0 Å². The smallest absolute Gasteiger partial charge is 0.389 e. The van der Waals surface area contributed by atoms with Crippen molar-refractivity contribution in [3.05, 3.63) is 28.5 Å². The van der Waals surface area contributed by atoms with Crippen LogP contribution in [-0.4, -0.2) is 62.6 Å². The van der Waals surface area contributed by atoms with Gasteiger partial charge in [0.25, 0.3) is 11.8 Å². The average molecular weight is 576 g/mol. The van der Waals surface area contributed by atoms with Crippen molar-refractivity contribution in [1.82, 2.24) is 20.2 Å². The first kappa shape index (κ1) is 29.6. The first-order valence-corrected chi connectivity index (χ1v) is 13.9. The molecule has 1 saturated carbocycles. The molecule has 2 fully saturated rings. The number of hydrogen-bond acceptors (Lipinski definition) is 7. The molecule has 2 aromatic heterocycles. The van der Waals surface area contributed by atoms with Crippen LogP contribution in [0.1, 0.15) is 80.4 Å². The Kier molecular flexibility index (Phi) is 8.53. The van der Waals surface area contributed by atoms with Crippen molar-refractivity contribution in [2.24, 2.45) is 0 Å². The summed E-state index contributed by atoms with van der Waals surface area (Å²) in [7, 11) is 0. The van der Waals surface area contributed by atoms with Crippen LogP contribution in [0.15, 0.2) is 12.3 Å². The zero-order valence-electron chi connectivity index (χ0n) is 22.2. The Morgan fingerprint density at radius 3 is 2.51 bits per heavy atom. The Bertz CT molecular complexity index is 1170. The minimum Gasteiger partial charge on any atom is -0.389 e. The summed E-state index contributed by atoms with van der Waals surface area (Å²) in [6.45, 7) is 3.79. The Labute approximate surface area is 228 Å². The molecule has 2 aromatic rings. The van der Waals surface area contributed by atoms with Gasteiger partial charge >= 0.3 is 6.18 Å². The molecule has 39 heavy (non-hydrogen) atoms. The fraction of sp³-hybridized carbons (Fsp3) is 0.654. The van der Waals surface area contributed by atoms with E-state index in [0.29, 0.717) is 0 Å². The number of amides is 1. The van der Waals surface area contributed by atoms with Crippen molar-refractivity contribution in [3.8, 4) is 10.4 Å². The van der Waals surface area contributed by atoms with Crippen LogP contribution in [0.3, 0.4) is 0 Å². The number of carbonyl (C=O) groups is 1. The lowest BCUT2D eigenvalue weighted by Gasteiger charge is -2.24. The molecule has 1 aliphatic carbocycles. The third-order valence-electron chi connectivity index (χ3n) is 6.99. The van der Waals surface area contributed by atoms with Gasteiger partial charge in [-0.2, -0.15) is 13.2 Å². The van der Waals surface area contributed by atoms with E-state index >= 15 is 0 Å². The molecule has 1 saturated heterocycles. The number of rotatable bonds is 8. The molecule has 13 heteroatoms. The van der Waals surface area contributed by atoms with Gasteiger partial charge < -0.3 is 15.7 Å². The molecule has 4 rings (SSSR count). The van der Waals surface area contributed by atoms with Crippen molar-refractivity contribution in [2.75, 3.05) is 18.4 Å². The zero-order chi connectivity index (χ0) is 28.6. The molecule has 3 heterocycles. The fourth-order valence-electron chi connectivity index (χ4n) is 5.03. The van der Waals surface area contributed by atoms with Gasteiger partial charge in [0, 0.05) is 43.4 Å². The van der Waals surface area contributed by atoms with Crippen molar-refractivity contribution < 1.29 is 31.9 Å². The van der Waals surface area contributed by atoms with E-state index in [9.17, 15) is 31.9 Å². The second-order valence-electron chi connectivity index (χ2n) is 11.2. The van der Waals surface area contributed by atoms with Gasteiger partial charge in [-0.15, -0.1) is 11.3 Å². The number of anilines is 1. The lowest BCUT2D eigenvalue weighted by atomic mass is 9.95. The van der Waals surface area contributed by atoms with E-state index in [-0.39, 0.29) is 52.5 Å². The van der Waals surface area contributed by atoms with E-state index in [4.69, 9.17) is 0 Å². The van der Waals surface area contributed by atoms with Gasteiger partial charge in [0.2, 0.25) is 0 Å². The number of carbonyl (C=O) groups excluding carboxylic acids is 1. The SMILES string of the molecule is C[C@H]1CC(F)(F)CN1Cc1nc(C(=O)NCC(C)(C)O)sc1-c1cnc(NC2CCCCC2)cc1C(F)(F)F. The number of likely N-dealkylation sites (tertiary alicyclic amines) is 1. The standard InChI is InChI=1S/C26H34F5N5O2S/c1-15-10-25(27,28)14-36(15)12-19-21(39-23(35-19)22(37)33-13-24(2,3)38)17-11-32-20(9-18(17)26(29,30)31)34-16-7-5-4-6-8-16/h9,11,15-16,38H,4-8,10,12-14H2,1-3H3,(H,32,34)(H,33,37)/t15-/m0/s1. The van der Waals surface area contributed by atoms with Crippen LogP contribution in [-0.2, 0) is 12.7 Å². The van der Waals surface area contributed by atoms with Crippen LogP contribution in [0.4, 0.5) is 27.8 Å². The van der Waals surface area contributed by atoms with Crippen LogP contribution < -0.4 is 10.6 Å². The molecule has 7 nitrogen and oxygen atoms in total. The fourth-order valence-corrected chi connectivity index (χ4v) is 6.04. The third-order valence-corrected chi connectivity index (χ3v) is 8.12. The molecule has 3 N–H and O–H groups in total. The summed E-state index contributed by atoms with van der Waals surface area (Å²) in [6, 6.07) is 0.486. The van der Waals surface area contributed by atoms with Crippen LogP contribution >= 0.6 is 11.3 Å². The summed E-state index contributed by atoms with van der Waals surface area (Å²) in [5, 5.41) is 15.5. The van der Waals surface area contributed by atoms with E-state index in [2.05, 4.69) is 20.6 Å². The average Bonchev–Trinajstić information content (AvgIpc) is 3.36. The molecule has 0 aromatic carbocycles. The number of alkyl halides is 5. The Morgan fingerprint density at radius 2 is 1.92 bits per heavy atom. The van der Waals surface area contributed by atoms with Crippen LogP contribution in [0.25, 0.3) is 10.4 Å². The zero-order valence-corrected chi connectivity index (χ0v) is 23.0. The first-order chi connectivity index (χ1) is 18.1. The maximum atomic E-state index is 14.3. The van der Waals surface area contributed by atoms with Crippen molar-refractivity contribution in [3.63, 3.8) is 0 Å². The molecule has 1 aliphatic heterocycles. The maximum absolute atomic E-state index is 14.3. The monoisotopic (exact) mass is 575 g/mol. The third kappa shape index (κ3) is 7.63. The van der Waals surface area contributed by atoms with Crippen LogP contribution in [0, 0.1) is 0 Å². The highest BCUT2D eigenvalue weighted by Gasteiger charge is 2.43. The molecule has 1 amide bonds. The van der Waals surface area contributed by atoms with Gasteiger partial charge in [-0.05, 0) is 39.7 Å². The second-order valence-corrected chi connectivity index (χ2v) is 12.2.